The first kappa shape index (κ1) is 15.7. The van der Waals surface area contributed by atoms with Gasteiger partial charge in [-0.1, -0.05) is 38.4 Å². The maximum Gasteiger partial charge on any atom is 0.0762 e. The van der Waals surface area contributed by atoms with Gasteiger partial charge in [0.2, 0.25) is 0 Å². The maximum atomic E-state index is 9.60. The average molecular weight is 296 g/mol. The quantitative estimate of drug-likeness (QED) is 0.858. The van der Waals surface area contributed by atoms with Crippen LogP contribution in [0, 0.1) is 11.3 Å². The Hall–Kier alpha value is -0.730. The molecule has 1 aromatic rings. The third kappa shape index (κ3) is 3.48. The number of benzene rings is 1. The molecule has 2 nitrogen and oxygen atoms in total. The summed E-state index contributed by atoms with van der Waals surface area (Å²) in [6.07, 6.45) is 1.98. The third-order valence-electron chi connectivity index (χ3n) is 4.51. The van der Waals surface area contributed by atoms with Gasteiger partial charge in [-0.2, -0.15) is 0 Å². The lowest BCUT2D eigenvalue weighted by Crippen LogP contribution is -2.38. The molecule has 0 bridgehead atoms. The molecule has 0 spiro atoms. The molecule has 20 heavy (non-hydrogen) atoms. The van der Waals surface area contributed by atoms with Crippen molar-refractivity contribution >= 4 is 17.3 Å². The fourth-order valence-corrected chi connectivity index (χ4v) is 3.33. The monoisotopic (exact) mass is 295 g/mol. The van der Waals surface area contributed by atoms with Crippen LogP contribution in [0.1, 0.15) is 52.2 Å². The molecule has 1 unspecified atom stereocenters. The van der Waals surface area contributed by atoms with Crippen LogP contribution >= 0.6 is 11.6 Å². The van der Waals surface area contributed by atoms with Gasteiger partial charge in [0.25, 0.3) is 0 Å². The molecule has 0 aromatic heterocycles. The molecule has 112 valence electrons. The van der Waals surface area contributed by atoms with Crippen molar-refractivity contribution in [3.8, 4) is 0 Å². The Balaban J connectivity index is 2.07. The van der Waals surface area contributed by atoms with Gasteiger partial charge in [0.1, 0.15) is 0 Å². The van der Waals surface area contributed by atoms with Crippen molar-refractivity contribution in [1.29, 1.82) is 0 Å². The average Bonchev–Trinajstić information content (AvgIpc) is 2.37. The summed E-state index contributed by atoms with van der Waals surface area (Å²) >= 11 is 6.38. The minimum Gasteiger partial charge on any atom is -0.389 e. The third-order valence-corrected chi connectivity index (χ3v) is 4.82. The summed E-state index contributed by atoms with van der Waals surface area (Å²) in [4.78, 5) is 2.37. The fraction of sp³-hybridized carbons (Fsp3) is 0.647. The molecule has 1 aromatic carbocycles. The van der Waals surface area contributed by atoms with E-state index in [1.807, 2.05) is 18.2 Å². The van der Waals surface area contributed by atoms with Gasteiger partial charge in [0.15, 0.2) is 0 Å². The van der Waals surface area contributed by atoms with Crippen molar-refractivity contribution in [2.24, 2.45) is 11.3 Å². The van der Waals surface area contributed by atoms with E-state index in [9.17, 15) is 5.11 Å². The minimum atomic E-state index is -0.465. The molecular weight excluding hydrogens is 270 g/mol. The van der Waals surface area contributed by atoms with E-state index in [1.54, 1.807) is 6.92 Å². The minimum absolute atomic E-state index is 0.395. The normalized spacial score (nSPS) is 19.2. The van der Waals surface area contributed by atoms with E-state index in [1.165, 1.54) is 12.8 Å². The molecular formula is C17H26ClNO. The van der Waals surface area contributed by atoms with Gasteiger partial charge in [-0.3, -0.25) is 0 Å². The summed E-state index contributed by atoms with van der Waals surface area (Å²) in [6, 6.07) is 5.90. The lowest BCUT2D eigenvalue weighted by atomic mass is 9.75. The number of aliphatic hydroxyl groups excluding tert-OH is 1. The molecule has 1 aliphatic heterocycles. The SMILES string of the molecule is CC(O)c1ccc(N2CCC(C(C)(C)C)CC2)c(Cl)c1. The standard InChI is InChI=1S/C17H26ClNO/c1-12(20)13-5-6-16(15(18)11-13)19-9-7-14(8-10-19)17(2,3)4/h5-6,11-12,14,20H,7-10H2,1-4H3. The van der Waals surface area contributed by atoms with Crippen molar-refractivity contribution in [2.45, 2.75) is 46.6 Å². The van der Waals surface area contributed by atoms with Crippen LogP contribution in [-0.2, 0) is 0 Å². The van der Waals surface area contributed by atoms with Crippen LogP contribution in [0.5, 0.6) is 0 Å². The van der Waals surface area contributed by atoms with Crippen LogP contribution in [0.2, 0.25) is 5.02 Å². The van der Waals surface area contributed by atoms with Crippen molar-refractivity contribution in [2.75, 3.05) is 18.0 Å². The zero-order chi connectivity index (χ0) is 14.9. The molecule has 1 heterocycles. The number of halogens is 1. The summed E-state index contributed by atoms with van der Waals surface area (Å²) in [5, 5.41) is 10.3. The molecule has 1 N–H and O–H groups in total. The molecule has 1 fully saturated rings. The number of nitrogens with zero attached hydrogens (tertiary/aromatic N) is 1. The second-order valence-electron chi connectivity index (χ2n) is 7.01. The zero-order valence-corrected chi connectivity index (χ0v) is 13.7. The van der Waals surface area contributed by atoms with Crippen LogP contribution in [-0.4, -0.2) is 18.2 Å². The van der Waals surface area contributed by atoms with E-state index >= 15 is 0 Å². The van der Waals surface area contributed by atoms with Gasteiger partial charge in [0, 0.05) is 13.1 Å². The molecule has 0 saturated carbocycles. The van der Waals surface area contributed by atoms with E-state index in [-0.39, 0.29) is 0 Å². The maximum absolute atomic E-state index is 9.60. The Bertz CT molecular complexity index is 457. The van der Waals surface area contributed by atoms with Gasteiger partial charge in [0.05, 0.1) is 16.8 Å². The molecule has 1 saturated heterocycles. The topological polar surface area (TPSA) is 23.5 Å². The molecule has 0 aliphatic carbocycles. The van der Waals surface area contributed by atoms with E-state index in [2.05, 4.69) is 25.7 Å². The van der Waals surface area contributed by atoms with E-state index in [0.29, 0.717) is 5.41 Å². The molecule has 1 atom stereocenters. The van der Waals surface area contributed by atoms with Gasteiger partial charge in [-0.25, -0.2) is 0 Å². The summed E-state index contributed by atoms with van der Waals surface area (Å²) < 4.78 is 0. The van der Waals surface area contributed by atoms with Crippen molar-refractivity contribution in [3.05, 3.63) is 28.8 Å². The van der Waals surface area contributed by atoms with Crippen LogP contribution < -0.4 is 4.90 Å². The van der Waals surface area contributed by atoms with Crippen LogP contribution in [0.4, 0.5) is 5.69 Å². The predicted molar refractivity (Wildman–Crippen MR) is 86.5 cm³/mol. The van der Waals surface area contributed by atoms with Crippen molar-refractivity contribution in [3.63, 3.8) is 0 Å². The number of anilines is 1. The van der Waals surface area contributed by atoms with Crippen LogP contribution in [0.3, 0.4) is 0 Å². The van der Waals surface area contributed by atoms with E-state index in [0.717, 1.165) is 35.3 Å². The summed E-state index contributed by atoms with van der Waals surface area (Å²) in [6.45, 7) is 10.9. The van der Waals surface area contributed by atoms with Crippen LogP contribution in [0.15, 0.2) is 18.2 Å². The molecule has 0 radical (unpaired) electrons. The Labute approximate surface area is 127 Å². The van der Waals surface area contributed by atoms with Gasteiger partial charge in [-0.05, 0) is 48.8 Å². The highest BCUT2D eigenvalue weighted by atomic mass is 35.5. The summed E-state index contributed by atoms with van der Waals surface area (Å²) in [5.74, 6) is 0.786. The Kier molecular flexibility index (Phi) is 4.66. The van der Waals surface area contributed by atoms with E-state index in [4.69, 9.17) is 11.6 Å². The Morgan fingerprint density at radius 3 is 2.30 bits per heavy atom. The van der Waals surface area contributed by atoms with Gasteiger partial charge < -0.3 is 10.0 Å². The second-order valence-corrected chi connectivity index (χ2v) is 7.42. The molecule has 3 heteroatoms. The summed E-state index contributed by atoms with van der Waals surface area (Å²) in [7, 11) is 0. The van der Waals surface area contributed by atoms with E-state index < -0.39 is 6.10 Å². The number of aliphatic hydroxyl groups is 1. The number of hydrogen-bond acceptors (Lipinski definition) is 2. The second kappa shape index (κ2) is 5.95. The largest absolute Gasteiger partial charge is 0.389 e. The highest BCUT2D eigenvalue weighted by Crippen LogP contribution is 2.37. The first-order valence-corrected chi connectivity index (χ1v) is 7.89. The molecule has 1 aliphatic rings. The van der Waals surface area contributed by atoms with Crippen molar-refractivity contribution in [1.82, 2.24) is 0 Å². The number of rotatable bonds is 2. The first-order chi connectivity index (χ1) is 9.29. The van der Waals surface area contributed by atoms with Crippen molar-refractivity contribution < 1.29 is 5.11 Å². The highest BCUT2D eigenvalue weighted by molar-refractivity contribution is 6.33. The van der Waals surface area contributed by atoms with Gasteiger partial charge >= 0.3 is 0 Å². The fourth-order valence-electron chi connectivity index (χ4n) is 3.03. The van der Waals surface area contributed by atoms with Crippen LogP contribution in [0.25, 0.3) is 0 Å². The highest BCUT2D eigenvalue weighted by Gasteiger charge is 2.29. The smallest absolute Gasteiger partial charge is 0.0762 e. The Morgan fingerprint density at radius 1 is 1.25 bits per heavy atom. The Morgan fingerprint density at radius 2 is 1.85 bits per heavy atom. The first-order valence-electron chi connectivity index (χ1n) is 7.51. The molecule has 0 amide bonds. The number of piperidine rings is 1. The van der Waals surface area contributed by atoms with Gasteiger partial charge in [-0.15, -0.1) is 0 Å². The summed E-state index contributed by atoms with van der Waals surface area (Å²) in [5.41, 5.74) is 2.37. The lowest BCUT2D eigenvalue weighted by molar-refractivity contribution is 0.198. The number of hydrogen-bond donors (Lipinski definition) is 1. The predicted octanol–water partition coefficient (Wildman–Crippen LogP) is 4.66. The molecule has 2 rings (SSSR count). The zero-order valence-electron chi connectivity index (χ0n) is 13.0. The lowest BCUT2D eigenvalue weighted by Gasteiger charge is -2.40.